The highest BCUT2D eigenvalue weighted by Gasteiger charge is 2.30. The lowest BCUT2D eigenvalue weighted by Gasteiger charge is -2.35. The van der Waals surface area contributed by atoms with E-state index in [9.17, 15) is 9.18 Å². The number of carbonyl (C=O) groups is 1. The number of imidazole rings is 1. The van der Waals surface area contributed by atoms with E-state index in [-0.39, 0.29) is 17.8 Å². The van der Waals surface area contributed by atoms with E-state index in [1.54, 1.807) is 25.3 Å². The van der Waals surface area contributed by atoms with Gasteiger partial charge in [-0.1, -0.05) is 17.3 Å². The molecule has 8 heteroatoms. The van der Waals surface area contributed by atoms with Gasteiger partial charge in [-0.2, -0.15) is 4.98 Å². The number of halogens is 1. The van der Waals surface area contributed by atoms with Crippen molar-refractivity contribution >= 4 is 5.91 Å². The van der Waals surface area contributed by atoms with Gasteiger partial charge < -0.3 is 14.4 Å². The Bertz CT molecular complexity index is 1260. The summed E-state index contributed by atoms with van der Waals surface area (Å²) < 4.78 is 18.6. The predicted octanol–water partition coefficient (Wildman–Crippen LogP) is 4.81. The predicted molar refractivity (Wildman–Crippen MR) is 121 cm³/mol. The number of hydrogen-bond acceptors (Lipinski definition) is 5. The van der Waals surface area contributed by atoms with Gasteiger partial charge in [0.2, 0.25) is 0 Å². The van der Waals surface area contributed by atoms with Crippen LogP contribution in [0.4, 0.5) is 4.39 Å². The Labute approximate surface area is 190 Å². The molecule has 1 aliphatic rings. The largest absolute Gasteiger partial charge is 0.342 e. The number of likely N-dealkylation sites (tertiary alicyclic amines) is 1. The number of nitrogens with zero attached hydrogens (tertiary/aromatic N) is 4. The molecule has 5 rings (SSSR count). The summed E-state index contributed by atoms with van der Waals surface area (Å²) >= 11 is 0. The maximum absolute atomic E-state index is 13.6. The Morgan fingerprint density at radius 3 is 2.79 bits per heavy atom. The Morgan fingerprint density at radius 2 is 2.00 bits per heavy atom. The molecule has 0 unspecified atom stereocenters. The average Bonchev–Trinajstić information content (AvgIpc) is 3.49. The van der Waals surface area contributed by atoms with E-state index in [2.05, 4.69) is 20.1 Å². The fraction of sp³-hybridized carbons (Fsp3) is 0.280. The number of amides is 1. The summed E-state index contributed by atoms with van der Waals surface area (Å²) in [6.45, 7) is 2.44. The second-order valence-electron chi connectivity index (χ2n) is 8.30. The van der Waals surface area contributed by atoms with Crippen LogP contribution < -0.4 is 0 Å². The van der Waals surface area contributed by atoms with E-state index >= 15 is 0 Å². The summed E-state index contributed by atoms with van der Waals surface area (Å²) in [7, 11) is 0. The van der Waals surface area contributed by atoms with E-state index in [1.165, 1.54) is 12.1 Å². The van der Waals surface area contributed by atoms with Gasteiger partial charge >= 0.3 is 0 Å². The molecule has 0 radical (unpaired) electrons. The van der Waals surface area contributed by atoms with Gasteiger partial charge in [-0.05, 0) is 68.1 Å². The molecule has 1 saturated heterocycles. The molecule has 168 valence electrons. The molecule has 4 aromatic rings. The Morgan fingerprint density at radius 1 is 1.18 bits per heavy atom. The molecule has 3 heterocycles. The molecular weight excluding hydrogens is 421 g/mol. The van der Waals surface area contributed by atoms with Crippen LogP contribution >= 0.6 is 0 Å². The highest BCUT2D eigenvalue weighted by molar-refractivity contribution is 6.00. The molecule has 0 aliphatic carbocycles. The molecule has 1 fully saturated rings. The van der Waals surface area contributed by atoms with Crippen molar-refractivity contribution in [2.45, 2.75) is 38.6 Å². The standard InChI is InChI=1S/C25H24FN5O2/c1-16-28-24(33-30-16)20-7-2-3-8-21(20)25(32)31-13-5-4-6-19(31)14-23-27-15-22(29-23)17-9-11-18(26)12-10-17/h2-3,7-12,15,19H,4-6,13-14H2,1H3,(H,27,29)/t19-/m0/s1. The van der Waals surface area contributed by atoms with Crippen LogP contribution in [0.5, 0.6) is 0 Å². The summed E-state index contributed by atoms with van der Waals surface area (Å²) in [5.74, 6) is 1.36. The fourth-order valence-electron chi connectivity index (χ4n) is 4.36. The van der Waals surface area contributed by atoms with Crippen LogP contribution in [0.3, 0.4) is 0 Å². The first-order chi connectivity index (χ1) is 16.1. The third-order valence-corrected chi connectivity index (χ3v) is 6.02. The first kappa shape index (κ1) is 21.1. The third-order valence-electron chi connectivity index (χ3n) is 6.02. The van der Waals surface area contributed by atoms with Gasteiger partial charge in [0.05, 0.1) is 23.0 Å². The highest BCUT2D eigenvalue weighted by atomic mass is 19.1. The first-order valence-electron chi connectivity index (χ1n) is 11.1. The average molecular weight is 445 g/mol. The van der Waals surface area contributed by atoms with Crippen LogP contribution in [0.15, 0.2) is 59.3 Å². The van der Waals surface area contributed by atoms with Crippen molar-refractivity contribution in [3.63, 3.8) is 0 Å². The van der Waals surface area contributed by atoms with Gasteiger partial charge in [0.1, 0.15) is 11.6 Å². The van der Waals surface area contributed by atoms with Crippen LogP contribution in [-0.4, -0.2) is 43.5 Å². The number of H-pyrrole nitrogens is 1. The Balaban J connectivity index is 1.38. The number of hydrogen-bond donors (Lipinski definition) is 1. The van der Waals surface area contributed by atoms with E-state index < -0.39 is 0 Å². The number of nitrogens with one attached hydrogen (secondary N) is 1. The lowest BCUT2D eigenvalue weighted by molar-refractivity contribution is 0.0612. The number of benzene rings is 2. The molecular formula is C25H24FN5O2. The minimum Gasteiger partial charge on any atom is -0.342 e. The second-order valence-corrected chi connectivity index (χ2v) is 8.30. The van der Waals surface area contributed by atoms with E-state index in [0.29, 0.717) is 35.8 Å². The number of rotatable bonds is 5. The van der Waals surface area contributed by atoms with Gasteiger partial charge in [0.25, 0.3) is 11.8 Å². The van der Waals surface area contributed by atoms with Crippen molar-refractivity contribution in [3.05, 3.63) is 77.8 Å². The molecule has 2 aromatic carbocycles. The third kappa shape index (κ3) is 4.41. The molecule has 0 spiro atoms. The van der Waals surface area contributed by atoms with Gasteiger partial charge in [0.15, 0.2) is 5.82 Å². The smallest absolute Gasteiger partial charge is 0.258 e. The Hall–Kier alpha value is -3.81. The van der Waals surface area contributed by atoms with Crippen LogP contribution in [-0.2, 0) is 6.42 Å². The fourth-order valence-corrected chi connectivity index (χ4v) is 4.36. The SMILES string of the molecule is Cc1noc(-c2ccccc2C(=O)N2CCCC[C@H]2Cc2ncc(-c3ccc(F)cc3)[nH]2)n1. The summed E-state index contributed by atoms with van der Waals surface area (Å²) in [5, 5.41) is 3.86. The van der Waals surface area contributed by atoms with Crippen LogP contribution in [0.25, 0.3) is 22.7 Å². The molecule has 1 atom stereocenters. The minimum absolute atomic E-state index is 0.0240. The van der Waals surface area contributed by atoms with Crippen molar-refractivity contribution in [3.8, 4) is 22.7 Å². The summed E-state index contributed by atoms with van der Waals surface area (Å²) in [6.07, 6.45) is 5.30. The van der Waals surface area contributed by atoms with Crippen molar-refractivity contribution < 1.29 is 13.7 Å². The maximum Gasteiger partial charge on any atom is 0.258 e. The number of piperidine rings is 1. The summed E-state index contributed by atoms with van der Waals surface area (Å²) in [4.78, 5) is 27.7. The monoisotopic (exact) mass is 445 g/mol. The van der Waals surface area contributed by atoms with Crippen LogP contribution in [0, 0.1) is 12.7 Å². The van der Waals surface area contributed by atoms with Crippen molar-refractivity contribution in [2.24, 2.45) is 0 Å². The lowest BCUT2D eigenvalue weighted by Crippen LogP contribution is -2.45. The minimum atomic E-state index is -0.272. The topological polar surface area (TPSA) is 87.9 Å². The quantitative estimate of drug-likeness (QED) is 0.476. The van der Waals surface area contributed by atoms with Crippen molar-refractivity contribution in [2.75, 3.05) is 6.54 Å². The Kier molecular flexibility index (Phi) is 5.73. The van der Waals surface area contributed by atoms with Gasteiger partial charge in [0, 0.05) is 19.0 Å². The van der Waals surface area contributed by atoms with E-state index in [1.807, 2.05) is 29.2 Å². The zero-order chi connectivity index (χ0) is 22.8. The number of aromatic nitrogens is 4. The van der Waals surface area contributed by atoms with E-state index in [4.69, 9.17) is 4.52 Å². The molecule has 0 saturated carbocycles. The molecule has 7 nitrogen and oxygen atoms in total. The normalized spacial score (nSPS) is 16.2. The zero-order valence-electron chi connectivity index (χ0n) is 18.3. The highest BCUT2D eigenvalue weighted by Crippen LogP contribution is 2.28. The summed E-state index contributed by atoms with van der Waals surface area (Å²) in [6, 6.07) is 13.7. The summed E-state index contributed by atoms with van der Waals surface area (Å²) in [5.41, 5.74) is 2.90. The first-order valence-corrected chi connectivity index (χ1v) is 11.1. The molecule has 1 aliphatic heterocycles. The van der Waals surface area contributed by atoms with Crippen molar-refractivity contribution in [1.29, 1.82) is 0 Å². The maximum atomic E-state index is 13.6. The molecule has 33 heavy (non-hydrogen) atoms. The van der Waals surface area contributed by atoms with Gasteiger partial charge in [-0.15, -0.1) is 0 Å². The molecule has 2 aromatic heterocycles. The second kappa shape index (κ2) is 8.97. The van der Waals surface area contributed by atoms with E-state index in [0.717, 1.165) is 36.3 Å². The molecule has 1 amide bonds. The number of carbonyl (C=O) groups excluding carboxylic acids is 1. The van der Waals surface area contributed by atoms with Crippen LogP contribution in [0.1, 0.15) is 41.3 Å². The zero-order valence-corrected chi connectivity index (χ0v) is 18.3. The molecule has 1 N–H and O–H groups in total. The van der Waals surface area contributed by atoms with Crippen LogP contribution in [0.2, 0.25) is 0 Å². The number of aromatic amines is 1. The molecule has 0 bridgehead atoms. The van der Waals surface area contributed by atoms with Crippen molar-refractivity contribution in [1.82, 2.24) is 25.0 Å². The lowest BCUT2D eigenvalue weighted by atomic mass is 9.96. The number of aryl methyl sites for hydroxylation is 1. The van der Waals surface area contributed by atoms with Gasteiger partial charge in [-0.25, -0.2) is 9.37 Å². The van der Waals surface area contributed by atoms with Gasteiger partial charge in [-0.3, -0.25) is 4.79 Å².